The summed E-state index contributed by atoms with van der Waals surface area (Å²) in [5, 5.41) is 3.43. The molecule has 1 amide bonds. The van der Waals surface area contributed by atoms with Gasteiger partial charge in [0.25, 0.3) is 0 Å². The van der Waals surface area contributed by atoms with Gasteiger partial charge in [0.1, 0.15) is 11.4 Å². The largest absolute Gasteiger partial charge is 0.444 e. The summed E-state index contributed by atoms with van der Waals surface area (Å²) in [4.78, 5) is 13.9. The first-order chi connectivity index (χ1) is 9.83. The molecule has 0 spiro atoms. The van der Waals surface area contributed by atoms with E-state index in [4.69, 9.17) is 4.74 Å². The van der Waals surface area contributed by atoms with Crippen molar-refractivity contribution in [3.63, 3.8) is 0 Å². The summed E-state index contributed by atoms with van der Waals surface area (Å²) in [7, 11) is 0. The minimum atomic E-state index is -0.494. The topological polar surface area (TPSA) is 41.6 Å². The highest BCUT2D eigenvalue weighted by Gasteiger charge is 2.39. The Hall–Kier alpha value is -1.78. The Bertz CT molecular complexity index is 568. The lowest BCUT2D eigenvalue weighted by atomic mass is 9.89. The molecule has 0 aliphatic carbocycles. The lowest BCUT2D eigenvalue weighted by molar-refractivity contribution is 0.0195. The molecule has 1 aromatic carbocycles. The van der Waals surface area contributed by atoms with Gasteiger partial charge < -0.3 is 15.0 Å². The number of amides is 1. The maximum absolute atomic E-state index is 13.5. The van der Waals surface area contributed by atoms with Gasteiger partial charge in [0.05, 0.1) is 0 Å². The molecule has 0 saturated carbocycles. The molecule has 4 nitrogen and oxygen atoms in total. The predicted octanol–water partition coefficient (Wildman–Crippen LogP) is 3.34. The molecule has 1 aromatic rings. The van der Waals surface area contributed by atoms with Gasteiger partial charge in [-0.05, 0) is 51.0 Å². The van der Waals surface area contributed by atoms with Crippen molar-refractivity contribution in [2.24, 2.45) is 0 Å². The zero-order valence-corrected chi connectivity index (χ0v) is 12.6. The fourth-order valence-corrected chi connectivity index (χ4v) is 3.10. The highest BCUT2D eigenvalue weighted by atomic mass is 19.1. The number of halogens is 1. The molecule has 0 unspecified atom stereocenters. The number of anilines is 1. The first-order valence-corrected chi connectivity index (χ1v) is 7.37. The number of likely N-dealkylation sites (tertiary alicyclic amines) is 1. The highest BCUT2D eigenvalue weighted by Crippen LogP contribution is 2.40. The molecule has 0 bridgehead atoms. The second-order valence-corrected chi connectivity index (χ2v) is 6.80. The zero-order valence-electron chi connectivity index (χ0n) is 12.6. The van der Waals surface area contributed by atoms with E-state index < -0.39 is 5.60 Å². The van der Waals surface area contributed by atoms with Crippen molar-refractivity contribution in [1.29, 1.82) is 0 Å². The van der Waals surface area contributed by atoms with Crippen LogP contribution in [0.15, 0.2) is 18.2 Å². The molecule has 0 aromatic heterocycles. The van der Waals surface area contributed by atoms with Gasteiger partial charge in [0.2, 0.25) is 0 Å². The standard InChI is InChI=1S/C16H21FN2O2/c1-16(2,3)21-15(20)19-7-6-14-12(9-19)11-8-10(17)4-5-13(11)18-14/h4-5,8,12,14,18H,6-7,9H2,1-3H3/t12-,14+/m0/s1. The number of fused-ring (bicyclic) bond motifs is 3. The van der Waals surface area contributed by atoms with Crippen molar-refractivity contribution >= 4 is 11.8 Å². The molecule has 5 heteroatoms. The molecule has 21 heavy (non-hydrogen) atoms. The van der Waals surface area contributed by atoms with Gasteiger partial charge >= 0.3 is 6.09 Å². The molecule has 114 valence electrons. The van der Waals surface area contributed by atoms with Crippen molar-refractivity contribution < 1.29 is 13.9 Å². The Morgan fingerprint density at radius 3 is 2.90 bits per heavy atom. The maximum atomic E-state index is 13.5. The second-order valence-electron chi connectivity index (χ2n) is 6.80. The van der Waals surface area contributed by atoms with Crippen LogP contribution in [-0.2, 0) is 4.74 Å². The lowest BCUT2D eigenvalue weighted by Gasteiger charge is -2.36. The van der Waals surface area contributed by atoms with Crippen LogP contribution in [-0.4, -0.2) is 35.7 Å². The van der Waals surface area contributed by atoms with E-state index in [0.29, 0.717) is 13.1 Å². The third-order valence-corrected chi connectivity index (χ3v) is 4.02. The van der Waals surface area contributed by atoms with Crippen LogP contribution < -0.4 is 5.32 Å². The number of piperidine rings is 1. The van der Waals surface area contributed by atoms with Crippen LogP contribution in [0.1, 0.15) is 38.7 Å². The Balaban J connectivity index is 1.76. The monoisotopic (exact) mass is 292 g/mol. The number of ether oxygens (including phenoxy) is 1. The summed E-state index contributed by atoms with van der Waals surface area (Å²) < 4.78 is 18.9. The van der Waals surface area contributed by atoms with E-state index in [1.54, 1.807) is 17.0 Å². The van der Waals surface area contributed by atoms with Crippen LogP contribution in [0.5, 0.6) is 0 Å². The van der Waals surface area contributed by atoms with Crippen LogP contribution in [0.4, 0.5) is 14.9 Å². The lowest BCUT2D eigenvalue weighted by Crippen LogP contribution is -2.46. The summed E-state index contributed by atoms with van der Waals surface area (Å²) in [5.74, 6) is -0.0949. The molecule has 3 rings (SSSR count). The summed E-state index contributed by atoms with van der Waals surface area (Å²) in [6.45, 7) is 6.82. The molecule has 2 aliphatic rings. The Labute approximate surface area is 124 Å². The van der Waals surface area contributed by atoms with Gasteiger partial charge in [-0.1, -0.05) is 0 Å². The van der Waals surface area contributed by atoms with Gasteiger partial charge in [0, 0.05) is 30.7 Å². The summed E-state index contributed by atoms with van der Waals surface area (Å²) in [5.41, 5.74) is 1.46. The number of benzene rings is 1. The smallest absolute Gasteiger partial charge is 0.410 e. The van der Waals surface area contributed by atoms with Gasteiger partial charge in [-0.2, -0.15) is 0 Å². The number of nitrogens with one attached hydrogen (secondary N) is 1. The molecular formula is C16H21FN2O2. The van der Waals surface area contributed by atoms with E-state index in [1.165, 1.54) is 6.07 Å². The van der Waals surface area contributed by atoms with Crippen molar-refractivity contribution in [3.8, 4) is 0 Å². The van der Waals surface area contributed by atoms with Gasteiger partial charge in [-0.15, -0.1) is 0 Å². The molecule has 1 N–H and O–H groups in total. The number of rotatable bonds is 0. The third kappa shape index (κ3) is 2.82. The number of carbonyl (C=O) groups excluding carboxylic acids is 1. The number of carbonyl (C=O) groups is 1. The normalized spacial score (nSPS) is 24.1. The quantitative estimate of drug-likeness (QED) is 0.797. The van der Waals surface area contributed by atoms with Gasteiger partial charge in [-0.3, -0.25) is 0 Å². The Morgan fingerprint density at radius 2 is 2.19 bits per heavy atom. The fourth-order valence-electron chi connectivity index (χ4n) is 3.10. The van der Waals surface area contributed by atoms with E-state index in [0.717, 1.165) is 17.7 Å². The highest BCUT2D eigenvalue weighted by molar-refractivity contribution is 5.69. The van der Waals surface area contributed by atoms with Gasteiger partial charge in [0.15, 0.2) is 0 Å². The molecule has 2 atom stereocenters. The van der Waals surface area contributed by atoms with E-state index in [1.807, 2.05) is 20.8 Å². The molecule has 1 fully saturated rings. The number of hydrogen-bond acceptors (Lipinski definition) is 3. The van der Waals surface area contributed by atoms with Crippen LogP contribution in [0.2, 0.25) is 0 Å². The first-order valence-electron chi connectivity index (χ1n) is 7.37. The molecule has 2 aliphatic heterocycles. The van der Waals surface area contributed by atoms with Crippen molar-refractivity contribution in [2.75, 3.05) is 18.4 Å². The number of hydrogen-bond donors (Lipinski definition) is 1. The van der Waals surface area contributed by atoms with Crippen LogP contribution >= 0.6 is 0 Å². The number of nitrogens with zero attached hydrogens (tertiary/aromatic N) is 1. The van der Waals surface area contributed by atoms with Crippen LogP contribution in [0, 0.1) is 5.82 Å². The molecule has 2 heterocycles. The minimum Gasteiger partial charge on any atom is -0.444 e. The molecular weight excluding hydrogens is 271 g/mol. The van der Waals surface area contributed by atoms with Gasteiger partial charge in [-0.25, -0.2) is 9.18 Å². The van der Waals surface area contributed by atoms with E-state index >= 15 is 0 Å². The zero-order chi connectivity index (χ0) is 15.2. The average molecular weight is 292 g/mol. The van der Waals surface area contributed by atoms with Crippen LogP contribution in [0.3, 0.4) is 0 Å². The third-order valence-electron chi connectivity index (χ3n) is 4.02. The Kier molecular flexibility index (Phi) is 3.30. The summed E-state index contributed by atoms with van der Waals surface area (Å²) in [6.07, 6.45) is 0.561. The second kappa shape index (κ2) is 4.90. The van der Waals surface area contributed by atoms with E-state index in [-0.39, 0.29) is 23.9 Å². The summed E-state index contributed by atoms with van der Waals surface area (Å²) in [6, 6.07) is 5.10. The van der Waals surface area contributed by atoms with E-state index in [2.05, 4.69) is 5.32 Å². The molecule has 0 radical (unpaired) electrons. The average Bonchev–Trinajstić information content (AvgIpc) is 2.74. The minimum absolute atomic E-state index is 0.136. The van der Waals surface area contributed by atoms with Crippen LogP contribution in [0.25, 0.3) is 0 Å². The SMILES string of the molecule is CC(C)(C)OC(=O)N1CC[C@H]2Nc3ccc(F)cc3[C@@H]2C1. The van der Waals surface area contributed by atoms with Crippen molar-refractivity contribution in [2.45, 2.75) is 44.8 Å². The predicted molar refractivity (Wildman–Crippen MR) is 79.0 cm³/mol. The maximum Gasteiger partial charge on any atom is 0.410 e. The Morgan fingerprint density at radius 1 is 1.43 bits per heavy atom. The van der Waals surface area contributed by atoms with Crippen molar-refractivity contribution in [1.82, 2.24) is 4.90 Å². The first kappa shape index (κ1) is 14.2. The van der Waals surface area contributed by atoms with Crippen molar-refractivity contribution in [3.05, 3.63) is 29.6 Å². The summed E-state index contributed by atoms with van der Waals surface area (Å²) >= 11 is 0. The fraction of sp³-hybridized carbons (Fsp3) is 0.562. The van der Waals surface area contributed by atoms with E-state index in [9.17, 15) is 9.18 Å². The molecule has 1 saturated heterocycles.